The number of methoxy groups -OCH3 is 2. The lowest BCUT2D eigenvalue weighted by Crippen LogP contribution is -2.32. The van der Waals surface area contributed by atoms with E-state index in [0.29, 0.717) is 17.6 Å². The van der Waals surface area contributed by atoms with Crippen molar-refractivity contribution in [3.63, 3.8) is 0 Å². The highest BCUT2D eigenvalue weighted by molar-refractivity contribution is 5.94. The molecule has 1 atom stereocenters. The average molecular weight is 392 g/mol. The van der Waals surface area contributed by atoms with E-state index in [1.165, 1.54) is 7.11 Å². The van der Waals surface area contributed by atoms with Crippen molar-refractivity contribution in [2.24, 2.45) is 0 Å². The minimum Gasteiger partial charge on any atom is -0.497 e. The monoisotopic (exact) mass is 392 g/mol. The maximum absolute atomic E-state index is 13.6. The molecular weight excluding hydrogens is 370 g/mol. The zero-order valence-corrected chi connectivity index (χ0v) is 15.8. The van der Waals surface area contributed by atoms with Gasteiger partial charge in [0.2, 0.25) is 5.91 Å². The number of ether oxygens (including phenoxy) is 2. The molecule has 2 rings (SSSR count). The van der Waals surface area contributed by atoms with Gasteiger partial charge in [-0.1, -0.05) is 0 Å². The van der Waals surface area contributed by atoms with Crippen molar-refractivity contribution in [3.05, 3.63) is 59.2 Å². The first-order valence-electron chi connectivity index (χ1n) is 8.60. The molecule has 0 spiro atoms. The van der Waals surface area contributed by atoms with Crippen LogP contribution in [0.15, 0.2) is 36.4 Å². The summed E-state index contributed by atoms with van der Waals surface area (Å²) in [5.41, 5.74) is 0.462. The number of halogens is 2. The fourth-order valence-corrected chi connectivity index (χ4v) is 2.63. The largest absolute Gasteiger partial charge is 0.497 e. The van der Waals surface area contributed by atoms with Gasteiger partial charge in [0.1, 0.15) is 23.1 Å². The Morgan fingerprint density at radius 1 is 1.07 bits per heavy atom. The summed E-state index contributed by atoms with van der Waals surface area (Å²) in [6, 6.07) is 7.58. The molecule has 150 valence electrons. The maximum atomic E-state index is 13.6. The second kappa shape index (κ2) is 9.68. The molecule has 0 saturated heterocycles. The Hall–Kier alpha value is -3.16. The van der Waals surface area contributed by atoms with Gasteiger partial charge < -0.3 is 20.1 Å². The van der Waals surface area contributed by atoms with Crippen LogP contribution < -0.4 is 20.1 Å². The summed E-state index contributed by atoms with van der Waals surface area (Å²) in [6.45, 7) is 1.80. The average Bonchev–Trinajstić information content (AvgIpc) is 2.67. The van der Waals surface area contributed by atoms with Crippen LogP contribution in [-0.2, 0) is 4.79 Å². The molecule has 2 N–H and O–H groups in total. The number of benzene rings is 2. The van der Waals surface area contributed by atoms with E-state index in [-0.39, 0.29) is 30.5 Å². The van der Waals surface area contributed by atoms with Crippen LogP contribution in [0.4, 0.5) is 8.78 Å². The first-order chi connectivity index (χ1) is 13.3. The van der Waals surface area contributed by atoms with Gasteiger partial charge in [0.15, 0.2) is 0 Å². The highest BCUT2D eigenvalue weighted by Gasteiger charge is 2.16. The Morgan fingerprint density at radius 2 is 1.82 bits per heavy atom. The van der Waals surface area contributed by atoms with E-state index >= 15 is 0 Å². The zero-order chi connectivity index (χ0) is 20.7. The van der Waals surface area contributed by atoms with Crippen molar-refractivity contribution in [1.82, 2.24) is 10.6 Å². The van der Waals surface area contributed by atoms with Crippen LogP contribution >= 0.6 is 0 Å². The fourth-order valence-electron chi connectivity index (χ4n) is 2.63. The number of rotatable bonds is 8. The van der Waals surface area contributed by atoms with Crippen LogP contribution in [0.3, 0.4) is 0 Å². The van der Waals surface area contributed by atoms with E-state index in [1.807, 2.05) is 0 Å². The second-order valence-electron chi connectivity index (χ2n) is 6.03. The molecule has 6 nitrogen and oxygen atoms in total. The van der Waals surface area contributed by atoms with Crippen molar-refractivity contribution in [1.29, 1.82) is 0 Å². The Labute approximate surface area is 161 Å². The summed E-state index contributed by atoms with van der Waals surface area (Å²) >= 11 is 0. The lowest BCUT2D eigenvalue weighted by molar-refractivity contribution is -0.121. The summed E-state index contributed by atoms with van der Waals surface area (Å²) in [5.74, 6) is -1.51. The summed E-state index contributed by atoms with van der Waals surface area (Å²) in [4.78, 5) is 24.1. The van der Waals surface area contributed by atoms with Crippen LogP contribution in [0.5, 0.6) is 11.5 Å². The molecule has 2 amide bonds. The van der Waals surface area contributed by atoms with Gasteiger partial charge in [-0.3, -0.25) is 9.59 Å². The number of hydrogen-bond acceptors (Lipinski definition) is 4. The van der Waals surface area contributed by atoms with Crippen LogP contribution in [0.2, 0.25) is 0 Å². The molecule has 28 heavy (non-hydrogen) atoms. The Balaban J connectivity index is 1.89. The molecule has 2 aromatic carbocycles. The lowest BCUT2D eigenvalue weighted by atomic mass is 10.1. The third-order valence-corrected chi connectivity index (χ3v) is 4.09. The van der Waals surface area contributed by atoms with E-state index in [0.717, 1.165) is 17.7 Å². The quantitative estimate of drug-likeness (QED) is 0.724. The standard InChI is InChI=1S/C20H22F2N2O4/c1-12(16-11-14(27-2)5-7-18(16)28-3)24-19(25)8-9-23-20(26)15-6-4-13(21)10-17(15)22/h4-7,10-12H,8-9H2,1-3H3,(H,23,26)(H,24,25). The molecule has 0 aliphatic heterocycles. The smallest absolute Gasteiger partial charge is 0.254 e. The third kappa shape index (κ3) is 5.42. The fraction of sp³-hybridized carbons (Fsp3) is 0.300. The number of carbonyl (C=O) groups is 2. The maximum Gasteiger partial charge on any atom is 0.254 e. The minimum atomic E-state index is -0.958. The van der Waals surface area contributed by atoms with Gasteiger partial charge in [-0.2, -0.15) is 0 Å². The topological polar surface area (TPSA) is 76.7 Å². The van der Waals surface area contributed by atoms with E-state index in [4.69, 9.17) is 9.47 Å². The molecule has 1 unspecified atom stereocenters. The Bertz CT molecular complexity index is 858. The highest BCUT2D eigenvalue weighted by atomic mass is 19.1. The van der Waals surface area contributed by atoms with E-state index in [2.05, 4.69) is 10.6 Å². The number of nitrogens with one attached hydrogen (secondary N) is 2. The first kappa shape index (κ1) is 21.1. The van der Waals surface area contributed by atoms with Crippen molar-refractivity contribution >= 4 is 11.8 Å². The zero-order valence-electron chi connectivity index (χ0n) is 15.8. The molecule has 0 radical (unpaired) electrons. The molecule has 8 heteroatoms. The van der Waals surface area contributed by atoms with Crippen molar-refractivity contribution in [2.75, 3.05) is 20.8 Å². The van der Waals surface area contributed by atoms with E-state index in [1.54, 1.807) is 32.2 Å². The minimum absolute atomic E-state index is 0.00342. The molecular formula is C20H22F2N2O4. The SMILES string of the molecule is COc1ccc(OC)c(C(C)NC(=O)CCNC(=O)c2ccc(F)cc2F)c1. The Morgan fingerprint density at radius 3 is 2.46 bits per heavy atom. The molecule has 2 aromatic rings. The molecule has 0 heterocycles. The lowest BCUT2D eigenvalue weighted by Gasteiger charge is -2.18. The molecule has 0 bridgehead atoms. The number of amides is 2. The summed E-state index contributed by atoms with van der Waals surface area (Å²) in [7, 11) is 3.07. The first-order valence-corrected chi connectivity index (χ1v) is 8.60. The summed E-state index contributed by atoms with van der Waals surface area (Å²) in [5, 5.41) is 5.24. The second-order valence-corrected chi connectivity index (χ2v) is 6.03. The number of hydrogen-bond donors (Lipinski definition) is 2. The predicted molar refractivity (Wildman–Crippen MR) is 99.4 cm³/mol. The van der Waals surface area contributed by atoms with Crippen LogP contribution in [0, 0.1) is 11.6 Å². The third-order valence-electron chi connectivity index (χ3n) is 4.09. The normalized spacial score (nSPS) is 11.5. The van der Waals surface area contributed by atoms with Crippen molar-refractivity contribution < 1.29 is 27.8 Å². The van der Waals surface area contributed by atoms with Gasteiger partial charge in [0.05, 0.1) is 25.8 Å². The van der Waals surface area contributed by atoms with Gasteiger partial charge in [0.25, 0.3) is 5.91 Å². The summed E-state index contributed by atoms with van der Waals surface area (Å²) < 4.78 is 37.0. The van der Waals surface area contributed by atoms with Gasteiger partial charge in [0, 0.05) is 24.6 Å². The molecule has 0 aliphatic rings. The van der Waals surface area contributed by atoms with Gasteiger partial charge in [-0.25, -0.2) is 8.78 Å². The van der Waals surface area contributed by atoms with E-state index < -0.39 is 17.5 Å². The summed E-state index contributed by atoms with van der Waals surface area (Å²) in [6.07, 6.45) is -0.00875. The van der Waals surface area contributed by atoms with Crippen LogP contribution in [-0.4, -0.2) is 32.6 Å². The molecule has 0 fully saturated rings. The van der Waals surface area contributed by atoms with Crippen molar-refractivity contribution in [2.45, 2.75) is 19.4 Å². The molecule has 0 saturated carbocycles. The van der Waals surface area contributed by atoms with E-state index in [9.17, 15) is 18.4 Å². The van der Waals surface area contributed by atoms with Crippen molar-refractivity contribution in [3.8, 4) is 11.5 Å². The van der Waals surface area contributed by atoms with Gasteiger partial charge in [-0.15, -0.1) is 0 Å². The molecule has 0 aromatic heterocycles. The van der Waals surface area contributed by atoms with Gasteiger partial charge >= 0.3 is 0 Å². The highest BCUT2D eigenvalue weighted by Crippen LogP contribution is 2.29. The van der Waals surface area contributed by atoms with Crippen LogP contribution in [0.25, 0.3) is 0 Å². The predicted octanol–water partition coefficient (Wildman–Crippen LogP) is 2.98. The Kier molecular flexibility index (Phi) is 7.31. The van der Waals surface area contributed by atoms with Crippen LogP contribution in [0.1, 0.15) is 35.3 Å². The number of carbonyl (C=O) groups excluding carboxylic acids is 2. The van der Waals surface area contributed by atoms with Gasteiger partial charge in [-0.05, 0) is 37.3 Å². The molecule has 0 aliphatic carbocycles.